The molecule has 1 aliphatic rings. The van der Waals surface area contributed by atoms with Crippen LogP contribution >= 0.6 is 34.8 Å². The van der Waals surface area contributed by atoms with E-state index in [0.29, 0.717) is 10.7 Å². The van der Waals surface area contributed by atoms with E-state index in [1.807, 2.05) is 26.0 Å². The van der Waals surface area contributed by atoms with E-state index in [1.165, 1.54) is 12.1 Å². The van der Waals surface area contributed by atoms with Crippen LogP contribution in [-0.4, -0.2) is 23.2 Å². The first kappa shape index (κ1) is 22.5. The number of hydrogen-bond donors (Lipinski definition) is 2. The summed E-state index contributed by atoms with van der Waals surface area (Å²) in [4.78, 5) is 12.5. The third-order valence-electron chi connectivity index (χ3n) is 5.00. The summed E-state index contributed by atoms with van der Waals surface area (Å²) < 4.78 is 7.88. The van der Waals surface area contributed by atoms with Crippen molar-refractivity contribution >= 4 is 52.5 Å². The van der Waals surface area contributed by atoms with Gasteiger partial charge in [0.25, 0.3) is 5.91 Å². The summed E-state index contributed by atoms with van der Waals surface area (Å²) in [6.07, 6.45) is 3.87. The predicted octanol–water partition coefficient (Wildman–Crippen LogP) is 5.29. The number of carbonyl (C=O) groups is 1. The average Bonchev–Trinajstić information content (AvgIpc) is 3.29. The molecule has 1 fully saturated rings. The Labute approximate surface area is 190 Å². The van der Waals surface area contributed by atoms with Gasteiger partial charge in [-0.25, -0.2) is 0 Å². The maximum absolute atomic E-state index is 12.5. The Bertz CT molecular complexity index is 1010. The maximum Gasteiger partial charge on any atom is 0.280 e. The Morgan fingerprint density at radius 3 is 2.60 bits per heavy atom. The predicted molar refractivity (Wildman–Crippen MR) is 120 cm³/mol. The highest BCUT2D eigenvalue weighted by atomic mass is 35.5. The van der Waals surface area contributed by atoms with Crippen LogP contribution in [0, 0.1) is 25.2 Å². The molecule has 30 heavy (non-hydrogen) atoms. The van der Waals surface area contributed by atoms with Crippen LogP contribution in [0.2, 0.25) is 15.1 Å². The van der Waals surface area contributed by atoms with Gasteiger partial charge in [-0.2, -0.15) is 5.26 Å². The maximum atomic E-state index is 12.5. The van der Waals surface area contributed by atoms with Gasteiger partial charge in [-0.1, -0.05) is 34.8 Å². The molecule has 1 atom stereocenters. The van der Waals surface area contributed by atoms with Crippen LogP contribution in [0.1, 0.15) is 29.8 Å². The van der Waals surface area contributed by atoms with Gasteiger partial charge in [-0.3, -0.25) is 15.6 Å². The van der Waals surface area contributed by atoms with E-state index in [1.54, 1.807) is 6.08 Å². The lowest BCUT2D eigenvalue weighted by Gasteiger charge is -2.14. The molecular formula is C21H21Cl3N4O2. The summed E-state index contributed by atoms with van der Waals surface area (Å²) in [5, 5.41) is 10.4. The van der Waals surface area contributed by atoms with E-state index < -0.39 is 5.91 Å². The summed E-state index contributed by atoms with van der Waals surface area (Å²) in [6.45, 7) is 5.52. The van der Waals surface area contributed by atoms with Crippen molar-refractivity contribution in [3.8, 4) is 6.07 Å². The van der Waals surface area contributed by atoms with Crippen LogP contribution in [-0.2, 0) is 16.1 Å². The molecule has 2 aromatic rings. The fourth-order valence-corrected chi connectivity index (χ4v) is 4.31. The van der Waals surface area contributed by atoms with E-state index >= 15 is 0 Å². The second-order valence-electron chi connectivity index (χ2n) is 7.07. The summed E-state index contributed by atoms with van der Waals surface area (Å²) in [7, 11) is 0. The minimum absolute atomic E-state index is 0.0546. The Morgan fingerprint density at radius 2 is 2.00 bits per heavy atom. The van der Waals surface area contributed by atoms with Gasteiger partial charge in [0, 0.05) is 29.6 Å². The Hall–Kier alpha value is -2.17. The number of ether oxygens (including phenoxy) is 1. The standard InChI is InChI=1S/C21H21Cl3N4O2/c1-12-6-14(13(2)28(12)11-17-4-3-5-30-17)7-15(10-25)21(29)27-26-20-18(23)8-16(22)9-19(20)24/h6-9,17,26H,3-5,11H2,1-2H3,(H,27,29)/b15-7+. The quantitative estimate of drug-likeness (QED) is 0.343. The minimum Gasteiger partial charge on any atom is -0.376 e. The third-order valence-corrected chi connectivity index (χ3v) is 5.81. The molecule has 1 amide bonds. The number of nitrogens with zero attached hydrogens (tertiary/aromatic N) is 2. The molecule has 2 heterocycles. The fraction of sp³-hybridized carbons (Fsp3) is 0.333. The van der Waals surface area contributed by atoms with Crippen molar-refractivity contribution in [1.29, 1.82) is 5.26 Å². The Balaban J connectivity index is 1.75. The van der Waals surface area contributed by atoms with E-state index in [0.717, 1.165) is 42.9 Å². The number of amides is 1. The van der Waals surface area contributed by atoms with E-state index in [4.69, 9.17) is 39.5 Å². The molecule has 0 saturated carbocycles. The number of halogens is 3. The lowest BCUT2D eigenvalue weighted by molar-refractivity contribution is -0.116. The molecular weight excluding hydrogens is 447 g/mol. The minimum atomic E-state index is -0.608. The van der Waals surface area contributed by atoms with Crippen LogP contribution in [0.5, 0.6) is 0 Å². The van der Waals surface area contributed by atoms with Crippen molar-refractivity contribution in [2.24, 2.45) is 0 Å². The molecule has 0 spiro atoms. The van der Waals surface area contributed by atoms with Crippen LogP contribution in [0.15, 0.2) is 23.8 Å². The van der Waals surface area contributed by atoms with Crippen LogP contribution in [0.3, 0.4) is 0 Å². The van der Waals surface area contributed by atoms with Crippen LogP contribution in [0.25, 0.3) is 6.08 Å². The zero-order valence-corrected chi connectivity index (χ0v) is 18.8. The van der Waals surface area contributed by atoms with Gasteiger partial charge in [0.1, 0.15) is 11.6 Å². The first-order valence-electron chi connectivity index (χ1n) is 9.41. The molecule has 1 aliphatic heterocycles. The van der Waals surface area contributed by atoms with Gasteiger partial charge in [0.15, 0.2) is 0 Å². The summed E-state index contributed by atoms with van der Waals surface area (Å²) in [6, 6.07) is 6.88. The molecule has 0 bridgehead atoms. The SMILES string of the molecule is Cc1cc(/C=C(\C#N)C(=O)NNc2c(Cl)cc(Cl)cc2Cl)c(C)n1CC1CCCO1. The summed E-state index contributed by atoms with van der Waals surface area (Å²) in [5.74, 6) is -0.608. The topological polar surface area (TPSA) is 79.1 Å². The van der Waals surface area contributed by atoms with Crippen LogP contribution in [0.4, 0.5) is 5.69 Å². The Morgan fingerprint density at radius 1 is 1.30 bits per heavy atom. The Kier molecular flexibility index (Phi) is 7.32. The smallest absolute Gasteiger partial charge is 0.280 e. The van der Waals surface area contributed by atoms with Crippen LogP contribution < -0.4 is 10.9 Å². The number of carbonyl (C=O) groups excluding carboxylic acids is 1. The van der Waals surface area contributed by atoms with Crippen molar-refractivity contribution in [2.45, 2.75) is 39.3 Å². The number of aromatic nitrogens is 1. The van der Waals surface area contributed by atoms with Gasteiger partial charge in [0.05, 0.1) is 21.8 Å². The van der Waals surface area contributed by atoms with Crippen molar-refractivity contribution in [2.75, 3.05) is 12.0 Å². The molecule has 0 aliphatic carbocycles. The van der Waals surface area contributed by atoms with Gasteiger partial charge < -0.3 is 9.30 Å². The molecule has 1 saturated heterocycles. The molecule has 1 aromatic carbocycles. The second kappa shape index (κ2) is 9.76. The first-order valence-corrected chi connectivity index (χ1v) is 10.5. The lowest BCUT2D eigenvalue weighted by Crippen LogP contribution is -2.30. The molecule has 9 heteroatoms. The molecule has 1 aromatic heterocycles. The van der Waals surface area contributed by atoms with E-state index in [-0.39, 0.29) is 21.7 Å². The number of hydrazine groups is 1. The number of aryl methyl sites for hydroxylation is 1. The van der Waals surface area contributed by atoms with E-state index in [2.05, 4.69) is 15.4 Å². The molecule has 1 unspecified atom stereocenters. The highest BCUT2D eigenvalue weighted by molar-refractivity contribution is 6.41. The number of anilines is 1. The van der Waals surface area contributed by atoms with Gasteiger partial charge in [-0.15, -0.1) is 0 Å². The zero-order valence-electron chi connectivity index (χ0n) is 16.6. The van der Waals surface area contributed by atoms with Gasteiger partial charge in [-0.05, 0) is 56.5 Å². The molecule has 0 radical (unpaired) electrons. The summed E-state index contributed by atoms with van der Waals surface area (Å²) >= 11 is 18.1. The molecule has 6 nitrogen and oxygen atoms in total. The molecule has 2 N–H and O–H groups in total. The van der Waals surface area contributed by atoms with Crippen molar-refractivity contribution < 1.29 is 9.53 Å². The van der Waals surface area contributed by atoms with Gasteiger partial charge >= 0.3 is 0 Å². The largest absolute Gasteiger partial charge is 0.376 e. The summed E-state index contributed by atoms with van der Waals surface area (Å²) in [5.41, 5.74) is 8.17. The molecule has 158 valence electrons. The highest BCUT2D eigenvalue weighted by Gasteiger charge is 2.19. The zero-order chi connectivity index (χ0) is 21.8. The lowest BCUT2D eigenvalue weighted by atomic mass is 10.1. The first-order chi connectivity index (χ1) is 14.3. The van der Waals surface area contributed by atoms with Gasteiger partial charge in [0.2, 0.25) is 0 Å². The average molecular weight is 468 g/mol. The molecule has 3 rings (SSSR count). The van der Waals surface area contributed by atoms with Crippen molar-refractivity contribution in [3.63, 3.8) is 0 Å². The monoisotopic (exact) mass is 466 g/mol. The second-order valence-corrected chi connectivity index (χ2v) is 8.32. The number of hydrogen-bond acceptors (Lipinski definition) is 4. The highest BCUT2D eigenvalue weighted by Crippen LogP contribution is 2.33. The number of nitriles is 1. The number of rotatable bonds is 6. The third kappa shape index (κ3) is 5.11. The fourth-order valence-electron chi connectivity index (χ4n) is 3.40. The van der Waals surface area contributed by atoms with Crippen molar-refractivity contribution in [1.82, 2.24) is 9.99 Å². The normalized spacial score (nSPS) is 16.4. The number of benzene rings is 1. The number of nitrogens with one attached hydrogen (secondary N) is 2. The van der Waals surface area contributed by atoms with Crippen molar-refractivity contribution in [3.05, 3.63) is 55.8 Å². The van der Waals surface area contributed by atoms with E-state index in [9.17, 15) is 10.1 Å².